The van der Waals surface area contributed by atoms with Gasteiger partial charge in [-0.25, -0.2) is 8.42 Å². The lowest BCUT2D eigenvalue weighted by molar-refractivity contribution is -0.185. The van der Waals surface area contributed by atoms with Gasteiger partial charge in [0.2, 0.25) is 0 Å². The van der Waals surface area contributed by atoms with Gasteiger partial charge in [-0.3, -0.25) is 0 Å². The number of rotatable bonds is 8. The smallest absolute Gasteiger partial charge is 0.178 e. The predicted octanol–water partition coefficient (Wildman–Crippen LogP) is 3.56. The molecule has 1 aliphatic heterocycles. The van der Waals surface area contributed by atoms with Crippen molar-refractivity contribution >= 4 is 9.84 Å². The van der Waals surface area contributed by atoms with Crippen LogP contribution in [0.15, 0.2) is 35.2 Å². The van der Waals surface area contributed by atoms with E-state index in [9.17, 15) is 8.42 Å². The molecule has 1 fully saturated rings. The van der Waals surface area contributed by atoms with E-state index in [1.165, 1.54) is 0 Å². The van der Waals surface area contributed by atoms with E-state index >= 15 is 0 Å². The predicted molar refractivity (Wildman–Crippen MR) is 86.5 cm³/mol. The second-order valence-electron chi connectivity index (χ2n) is 5.87. The molecule has 5 heteroatoms. The van der Waals surface area contributed by atoms with Crippen LogP contribution in [0.1, 0.15) is 45.4 Å². The molecule has 0 radical (unpaired) electrons. The number of hydrogen-bond donors (Lipinski definition) is 0. The zero-order valence-corrected chi connectivity index (χ0v) is 14.1. The van der Waals surface area contributed by atoms with Gasteiger partial charge in [0, 0.05) is 6.61 Å². The quantitative estimate of drug-likeness (QED) is 0.685. The molecule has 0 N–H and O–H groups in total. The van der Waals surface area contributed by atoms with E-state index < -0.39 is 9.84 Å². The number of hydrogen-bond acceptors (Lipinski definition) is 4. The molecule has 0 bridgehead atoms. The highest BCUT2D eigenvalue weighted by atomic mass is 32.2. The summed E-state index contributed by atoms with van der Waals surface area (Å²) in [6.07, 6.45) is 5.66. The molecule has 1 unspecified atom stereocenters. The van der Waals surface area contributed by atoms with E-state index in [-0.39, 0.29) is 18.1 Å². The molecule has 1 aromatic carbocycles. The van der Waals surface area contributed by atoms with Crippen LogP contribution in [0.3, 0.4) is 0 Å². The van der Waals surface area contributed by atoms with Gasteiger partial charge >= 0.3 is 0 Å². The van der Waals surface area contributed by atoms with Crippen molar-refractivity contribution in [2.24, 2.45) is 0 Å². The fraction of sp³-hybridized carbons (Fsp3) is 0.647. The molecular weight excluding hydrogens is 300 g/mol. The van der Waals surface area contributed by atoms with E-state index in [1.807, 2.05) is 13.0 Å². The molecule has 0 aliphatic carbocycles. The highest BCUT2D eigenvalue weighted by Gasteiger charge is 2.18. The van der Waals surface area contributed by atoms with Gasteiger partial charge in [-0.15, -0.1) is 0 Å². The molecule has 1 aliphatic rings. The Morgan fingerprint density at radius 3 is 2.68 bits per heavy atom. The minimum atomic E-state index is -3.15. The highest BCUT2D eigenvalue weighted by Crippen LogP contribution is 2.18. The zero-order chi connectivity index (χ0) is 15.8. The molecule has 0 saturated carbocycles. The molecule has 2 rings (SSSR count). The summed E-state index contributed by atoms with van der Waals surface area (Å²) in [6, 6.07) is 8.65. The summed E-state index contributed by atoms with van der Waals surface area (Å²) in [7, 11) is -3.15. The third kappa shape index (κ3) is 5.71. The first-order chi connectivity index (χ1) is 10.6. The topological polar surface area (TPSA) is 52.6 Å². The fourth-order valence-corrected chi connectivity index (χ4v) is 4.01. The van der Waals surface area contributed by atoms with Crippen LogP contribution in [0, 0.1) is 0 Å². The van der Waals surface area contributed by atoms with Crippen molar-refractivity contribution in [1.82, 2.24) is 0 Å². The first-order valence-corrected chi connectivity index (χ1v) is 9.78. The Bertz CT molecular complexity index is 521. The van der Waals surface area contributed by atoms with Gasteiger partial charge < -0.3 is 9.47 Å². The van der Waals surface area contributed by atoms with Crippen LogP contribution in [-0.4, -0.2) is 33.2 Å². The Hall–Kier alpha value is -0.910. The standard InChI is InChI=1S/C17H26O4S/c1-15(21-17-12-5-7-13-20-17)9-6-8-14-22(18,19)16-10-3-2-4-11-16/h2-4,10-11,15,17H,5-9,12-14H2,1H3/t15-,17?/m0/s1. The molecular formula is C17H26O4S. The van der Waals surface area contributed by atoms with Crippen LogP contribution >= 0.6 is 0 Å². The van der Waals surface area contributed by atoms with Gasteiger partial charge in [-0.1, -0.05) is 18.2 Å². The Kier molecular flexibility index (Phi) is 6.86. The third-order valence-corrected chi connectivity index (χ3v) is 5.71. The van der Waals surface area contributed by atoms with E-state index in [2.05, 4.69) is 0 Å². The second kappa shape index (κ2) is 8.65. The minimum Gasteiger partial charge on any atom is -0.353 e. The van der Waals surface area contributed by atoms with Gasteiger partial charge in [0.1, 0.15) is 0 Å². The minimum absolute atomic E-state index is 0.0724. The van der Waals surface area contributed by atoms with Gasteiger partial charge in [-0.05, 0) is 57.6 Å². The molecule has 2 atom stereocenters. The first-order valence-electron chi connectivity index (χ1n) is 8.13. The normalized spacial score (nSPS) is 20.7. The van der Waals surface area contributed by atoms with E-state index in [4.69, 9.17) is 9.47 Å². The summed E-state index contributed by atoms with van der Waals surface area (Å²) >= 11 is 0. The number of unbranched alkanes of at least 4 members (excludes halogenated alkanes) is 1. The first kappa shape index (κ1) is 17.4. The molecule has 0 aromatic heterocycles. The SMILES string of the molecule is C[C@@H](CCCCS(=O)(=O)c1ccccc1)OC1CCCCO1. The van der Waals surface area contributed by atoms with Crippen molar-refractivity contribution in [2.45, 2.75) is 62.7 Å². The highest BCUT2D eigenvalue weighted by molar-refractivity contribution is 7.91. The summed E-state index contributed by atoms with van der Waals surface area (Å²) in [4.78, 5) is 0.412. The fourth-order valence-electron chi connectivity index (χ4n) is 2.62. The summed E-state index contributed by atoms with van der Waals surface area (Å²) in [5.74, 6) is 0.198. The molecule has 1 heterocycles. The van der Waals surface area contributed by atoms with Crippen molar-refractivity contribution in [3.63, 3.8) is 0 Å². The Labute approximate surface area is 133 Å². The largest absolute Gasteiger partial charge is 0.353 e. The average Bonchev–Trinajstić information content (AvgIpc) is 2.53. The summed E-state index contributed by atoms with van der Waals surface area (Å²) in [5.41, 5.74) is 0. The molecule has 22 heavy (non-hydrogen) atoms. The molecule has 0 spiro atoms. The van der Waals surface area contributed by atoms with Gasteiger partial charge in [-0.2, -0.15) is 0 Å². The van der Waals surface area contributed by atoms with Crippen molar-refractivity contribution in [2.75, 3.05) is 12.4 Å². The number of sulfone groups is 1. The molecule has 0 amide bonds. The lowest BCUT2D eigenvalue weighted by atomic mass is 10.1. The van der Waals surface area contributed by atoms with Crippen LogP contribution in [0.25, 0.3) is 0 Å². The third-order valence-electron chi connectivity index (χ3n) is 3.90. The molecule has 4 nitrogen and oxygen atoms in total. The maximum atomic E-state index is 12.1. The van der Waals surface area contributed by atoms with Crippen LogP contribution in [0.5, 0.6) is 0 Å². The average molecular weight is 326 g/mol. The maximum Gasteiger partial charge on any atom is 0.178 e. The van der Waals surface area contributed by atoms with Crippen LogP contribution in [-0.2, 0) is 19.3 Å². The Balaban J connectivity index is 1.66. The van der Waals surface area contributed by atoms with Crippen LogP contribution in [0.4, 0.5) is 0 Å². The summed E-state index contributed by atoms with van der Waals surface area (Å²) in [5, 5.41) is 0. The van der Waals surface area contributed by atoms with E-state index in [0.29, 0.717) is 11.3 Å². The van der Waals surface area contributed by atoms with Crippen molar-refractivity contribution in [1.29, 1.82) is 0 Å². The van der Waals surface area contributed by atoms with Crippen molar-refractivity contribution in [3.05, 3.63) is 30.3 Å². The van der Waals surface area contributed by atoms with Crippen molar-refractivity contribution < 1.29 is 17.9 Å². The molecule has 124 valence electrons. The van der Waals surface area contributed by atoms with Crippen LogP contribution < -0.4 is 0 Å². The van der Waals surface area contributed by atoms with Gasteiger partial charge in [0.05, 0.1) is 16.8 Å². The maximum absolute atomic E-state index is 12.1. The van der Waals surface area contributed by atoms with Gasteiger partial charge in [0.15, 0.2) is 16.1 Å². The number of ether oxygens (including phenoxy) is 2. The molecule has 1 aromatic rings. The summed E-state index contributed by atoms with van der Waals surface area (Å²) < 4.78 is 35.7. The van der Waals surface area contributed by atoms with Crippen molar-refractivity contribution in [3.8, 4) is 0 Å². The number of benzene rings is 1. The van der Waals surface area contributed by atoms with Gasteiger partial charge in [0.25, 0.3) is 0 Å². The Morgan fingerprint density at radius 1 is 1.23 bits per heavy atom. The molecule has 1 saturated heterocycles. The lowest BCUT2D eigenvalue weighted by Crippen LogP contribution is -2.26. The van der Waals surface area contributed by atoms with E-state index in [1.54, 1.807) is 24.3 Å². The van der Waals surface area contributed by atoms with Crippen LogP contribution in [0.2, 0.25) is 0 Å². The zero-order valence-electron chi connectivity index (χ0n) is 13.2. The van der Waals surface area contributed by atoms with E-state index in [0.717, 1.165) is 38.7 Å². The summed E-state index contributed by atoms with van der Waals surface area (Å²) in [6.45, 7) is 2.82. The second-order valence-corrected chi connectivity index (χ2v) is 7.98. The monoisotopic (exact) mass is 326 g/mol. The Morgan fingerprint density at radius 2 is 2.00 bits per heavy atom. The lowest BCUT2D eigenvalue weighted by Gasteiger charge is -2.26.